The predicted molar refractivity (Wildman–Crippen MR) is 99.4 cm³/mol. The van der Waals surface area contributed by atoms with Crippen molar-refractivity contribution >= 4 is 22.6 Å². The highest BCUT2D eigenvalue weighted by molar-refractivity contribution is 14.1. The van der Waals surface area contributed by atoms with Gasteiger partial charge in [0.1, 0.15) is 0 Å². The van der Waals surface area contributed by atoms with Gasteiger partial charge in [0.25, 0.3) is 0 Å². The van der Waals surface area contributed by atoms with Gasteiger partial charge in [-0.25, -0.2) is 0 Å². The largest absolute Gasteiger partial charge is 0.384 e. The summed E-state index contributed by atoms with van der Waals surface area (Å²) in [6.07, 6.45) is 7.48. The molecule has 3 rings (SSSR count). The number of hydrogen-bond donors (Lipinski definition) is 0. The van der Waals surface area contributed by atoms with E-state index in [1.165, 1.54) is 14.7 Å². The molecule has 4 heteroatoms. The Balaban J connectivity index is 1.62. The van der Waals surface area contributed by atoms with E-state index >= 15 is 0 Å². The first-order chi connectivity index (χ1) is 11.2. The lowest BCUT2D eigenvalue weighted by Crippen LogP contribution is -2.33. The Labute approximate surface area is 152 Å². The summed E-state index contributed by atoms with van der Waals surface area (Å²) in [7, 11) is 1.80. The number of hydrogen-bond acceptors (Lipinski definition) is 3. The number of ether oxygens (including phenoxy) is 3. The third-order valence-corrected chi connectivity index (χ3v) is 5.95. The van der Waals surface area contributed by atoms with E-state index in [1.807, 2.05) is 0 Å². The first-order valence-corrected chi connectivity index (χ1v) is 9.49. The fourth-order valence-electron chi connectivity index (χ4n) is 3.56. The number of methoxy groups -OCH3 is 1. The van der Waals surface area contributed by atoms with Crippen LogP contribution in [-0.2, 0) is 20.6 Å². The molecule has 1 heterocycles. The molecule has 0 N–H and O–H groups in total. The standard InChI is InChI=1S/C19H25IO3/c1-21-14-17(7-6-16-4-2-3-5-18(16)20)15-8-10-19(11-9-15)22-12-13-23-19/h2-5,8,17H,6-7,9-14H2,1H3. The summed E-state index contributed by atoms with van der Waals surface area (Å²) in [5.74, 6) is 0.172. The maximum Gasteiger partial charge on any atom is 0.172 e. The topological polar surface area (TPSA) is 27.7 Å². The van der Waals surface area contributed by atoms with Gasteiger partial charge in [-0.2, -0.15) is 0 Å². The molecular formula is C19H25IO3. The molecular weight excluding hydrogens is 403 g/mol. The van der Waals surface area contributed by atoms with Gasteiger partial charge < -0.3 is 14.2 Å². The number of halogens is 1. The van der Waals surface area contributed by atoms with Crippen molar-refractivity contribution in [2.75, 3.05) is 26.9 Å². The monoisotopic (exact) mass is 428 g/mol. The van der Waals surface area contributed by atoms with E-state index in [9.17, 15) is 0 Å². The second-order valence-electron chi connectivity index (χ2n) is 6.37. The zero-order valence-electron chi connectivity index (χ0n) is 13.7. The summed E-state index contributed by atoms with van der Waals surface area (Å²) < 4.78 is 18.5. The van der Waals surface area contributed by atoms with E-state index in [4.69, 9.17) is 14.2 Å². The normalized spacial score (nSPS) is 21.4. The summed E-state index contributed by atoms with van der Waals surface area (Å²) in [5.41, 5.74) is 2.95. The van der Waals surface area contributed by atoms with Gasteiger partial charge in [0, 0.05) is 29.4 Å². The summed E-state index contributed by atoms with van der Waals surface area (Å²) in [4.78, 5) is 0. The number of aryl methyl sites for hydroxylation is 1. The van der Waals surface area contributed by atoms with Gasteiger partial charge in [0.2, 0.25) is 0 Å². The van der Waals surface area contributed by atoms with Crippen LogP contribution in [-0.4, -0.2) is 32.7 Å². The van der Waals surface area contributed by atoms with E-state index in [0.717, 1.165) is 51.9 Å². The van der Waals surface area contributed by atoms with Crippen molar-refractivity contribution in [2.45, 2.75) is 37.9 Å². The second kappa shape index (κ2) is 8.10. The van der Waals surface area contributed by atoms with Crippen LogP contribution in [0.15, 0.2) is 35.9 Å². The van der Waals surface area contributed by atoms with Crippen LogP contribution in [0, 0.1) is 9.49 Å². The molecule has 1 fully saturated rings. The molecule has 0 aromatic heterocycles. The Kier molecular flexibility index (Phi) is 6.13. The third-order valence-electron chi connectivity index (χ3n) is 4.90. The van der Waals surface area contributed by atoms with Crippen LogP contribution in [0.25, 0.3) is 0 Å². The van der Waals surface area contributed by atoms with Crippen molar-refractivity contribution in [1.82, 2.24) is 0 Å². The van der Waals surface area contributed by atoms with Crippen LogP contribution in [0.1, 0.15) is 31.2 Å². The Morgan fingerprint density at radius 2 is 2.04 bits per heavy atom. The Bertz CT molecular complexity index is 549. The van der Waals surface area contributed by atoms with Gasteiger partial charge in [-0.1, -0.05) is 29.8 Å². The molecule has 1 saturated heterocycles. The lowest BCUT2D eigenvalue weighted by Gasteiger charge is -2.33. The van der Waals surface area contributed by atoms with E-state index in [0.29, 0.717) is 5.92 Å². The predicted octanol–water partition coefficient (Wildman–Crippen LogP) is 4.34. The molecule has 1 aliphatic heterocycles. The molecule has 0 bridgehead atoms. The molecule has 1 atom stereocenters. The minimum absolute atomic E-state index is 0.323. The molecule has 126 valence electrons. The number of benzene rings is 1. The average molecular weight is 428 g/mol. The maximum atomic E-state index is 5.82. The van der Waals surface area contributed by atoms with Crippen molar-refractivity contribution in [3.63, 3.8) is 0 Å². The first-order valence-electron chi connectivity index (χ1n) is 8.42. The lowest BCUT2D eigenvalue weighted by molar-refractivity contribution is -0.162. The number of rotatable bonds is 6. The van der Waals surface area contributed by atoms with Crippen molar-refractivity contribution in [3.05, 3.63) is 45.0 Å². The third kappa shape index (κ3) is 4.35. The Morgan fingerprint density at radius 1 is 1.26 bits per heavy atom. The van der Waals surface area contributed by atoms with E-state index in [2.05, 4.69) is 52.9 Å². The van der Waals surface area contributed by atoms with Crippen LogP contribution in [0.5, 0.6) is 0 Å². The quantitative estimate of drug-likeness (QED) is 0.499. The maximum absolute atomic E-state index is 5.82. The first kappa shape index (κ1) is 17.4. The van der Waals surface area contributed by atoms with Crippen LogP contribution in [0.2, 0.25) is 0 Å². The Morgan fingerprint density at radius 3 is 2.70 bits per heavy atom. The van der Waals surface area contributed by atoms with Crippen molar-refractivity contribution < 1.29 is 14.2 Å². The average Bonchev–Trinajstić information content (AvgIpc) is 3.02. The highest BCUT2D eigenvalue weighted by Gasteiger charge is 2.38. The second-order valence-corrected chi connectivity index (χ2v) is 7.54. The van der Waals surface area contributed by atoms with Crippen LogP contribution in [0.4, 0.5) is 0 Å². The molecule has 1 aromatic carbocycles. The van der Waals surface area contributed by atoms with Gasteiger partial charge in [-0.05, 0) is 53.5 Å². The van der Waals surface area contributed by atoms with Crippen LogP contribution in [0.3, 0.4) is 0 Å². The van der Waals surface area contributed by atoms with Gasteiger partial charge in [0.15, 0.2) is 5.79 Å². The van der Waals surface area contributed by atoms with Gasteiger partial charge in [0.05, 0.1) is 19.8 Å². The summed E-state index contributed by atoms with van der Waals surface area (Å²) in [6, 6.07) is 8.64. The van der Waals surface area contributed by atoms with E-state index in [-0.39, 0.29) is 5.79 Å². The highest BCUT2D eigenvalue weighted by Crippen LogP contribution is 2.38. The van der Waals surface area contributed by atoms with Gasteiger partial charge in [-0.15, -0.1) is 0 Å². The van der Waals surface area contributed by atoms with E-state index < -0.39 is 0 Å². The molecule has 1 unspecified atom stereocenters. The zero-order chi connectivity index (χ0) is 16.1. The zero-order valence-corrected chi connectivity index (χ0v) is 15.9. The molecule has 0 amide bonds. The molecule has 1 aromatic rings. The minimum Gasteiger partial charge on any atom is -0.384 e. The summed E-state index contributed by atoms with van der Waals surface area (Å²) in [5, 5.41) is 0. The van der Waals surface area contributed by atoms with Crippen LogP contribution >= 0.6 is 22.6 Å². The van der Waals surface area contributed by atoms with Crippen molar-refractivity contribution in [3.8, 4) is 0 Å². The molecule has 2 aliphatic rings. The van der Waals surface area contributed by atoms with Crippen molar-refractivity contribution in [1.29, 1.82) is 0 Å². The molecule has 23 heavy (non-hydrogen) atoms. The van der Waals surface area contributed by atoms with Gasteiger partial charge >= 0.3 is 0 Å². The van der Waals surface area contributed by atoms with Crippen LogP contribution < -0.4 is 0 Å². The molecule has 0 radical (unpaired) electrons. The fraction of sp³-hybridized carbons (Fsp3) is 0.579. The Hall–Kier alpha value is -0.430. The fourth-order valence-corrected chi connectivity index (χ4v) is 4.22. The van der Waals surface area contributed by atoms with Crippen molar-refractivity contribution in [2.24, 2.45) is 5.92 Å². The lowest BCUT2D eigenvalue weighted by atomic mass is 9.84. The molecule has 0 saturated carbocycles. The van der Waals surface area contributed by atoms with Gasteiger partial charge in [-0.3, -0.25) is 0 Å². The summed E-state index contributed by atoms with van der Waals surface area (Å²) >= 11 is 2.43. The molecule has 1 aliphatic carbocycles. The molecule has 1 spiro atoms. The SMILES string of the molecule is COCC(CCc1ccccc1I)C1=CCC2(CC1)OCCO2. The molecule has 3 nitrogen and oxygen atoms in total. The smallest absolute Gasteiger partial charge is 0.172 e. The summed E-state index contributed by atoms with van der Waals surface area (Å²) in [6.45, 7) is 2.26. The minimum atomic E-state index is -0.323. The highest BCUT2D eigenvalue weighted by atomic mass is 127. The van der Waals surface area contributed by atoms with E-state index in [1.54, 1.807) is 7.11 Å².